The number of aromatic nitrogens is 2. The van der Waals surface area contributed by atoms with Gasteiger partial charge in [0.05, 0.1) is 12.2 Å². The van der Waals surface area contributed by atoms with Gasteiger partial charge >= 0.3 is 0 Å². The molecule has 2 heterocycles. The molecule has 0 bridgehead atoms. The van der Waals surface area contributed by atoms with Gasteiger partial charge < -0.3 is 9.64 Å². The zero-order valence-electron chi connectivity index (χ0n) is 10.2. The summed E-state index contributed by atoms with van der Waals surface area (Å²) in [5.74, 6) is 0.813. The fourth-order valence-electron chi connectivity index (χ4n) is 1.86. The molecule has 4 nitrogen and oxygen atoms in total. The number of nitrogens with zero attached hydrogens (tertiary/aromatic N) is 3. The van der Waals surface area contributed by atoms with Crippen LogP contribution < -0.4 is 4.90 Å². The predicted molar refractivity (Wildman–Crippen MR) is 63.6 cm³/mol. The van der Waals surface area contributed by atoms with Crippen LogP contribution in [0.3, 0.4) is 0 Å². The lowest BCUT2D eigenvalue weighted by molar-refractivity contribution is -0.0445. The average molecular weight is 221 g/mol. The summed E-state index contributed by atoms with van der Waals surface area (Å²) in [5.41, 5.74) is 1.03. The number of hydrogen-bond acceptors (Lipinski definition) is 4. The molecule has 0 aromatic carbocycles. The van der Waals surface area contributed by atoms with Crippen molar-refractivity contribution in [2.45, 2.75) is 32.8 Å². The van der Waals surface area contributed by atoms with Crippen molar-refractivity contribution in [3.63, 3.8) is 0 Å². The largest absolute Gasteiger partial charge is 0.372 e. The third kappa shape index (κ3) is 2.32. The highest BCUT2D eigenvalue weighted by atomic mass is 16.5. The lowest BCUT2D eigenvalue weighted by Crippen LogP contribution is -2.50. The summed E-state index contributed by atoms with van der Waals surface area (Å²) < 4.78 is 5.79. The first-order valence-electron chi connectivity index (χ1n) is 5.80. The number of morpholine rings is 1. The van der Waals surface area contributed by atoms with Gasteiger partial charge in [0.2, 0.25) is 5.95 Å². The molecule has 1 atom stereocenters. The number of ether oxygens (including phenoxy) is 1. The molecule has 0 aliphatic carbocycles. The fourth-order valence-corrected chi connectivity index (χ4v) is 1.86. The Labute approximate surface area is 96.7 Å². The van der Waals surface area contributed by atoms with E-state index >= 15 is 0 Å². The van der Waals surface area contributed by atoms with Crippen LogP contribution in [-0.2, 0) is 4.74 Å². The van der Waals surface area contributed by atoms with E-state index in [-0.39, 0.29) is 5.60 Å². The molecule has 0 saturated carbocycles. The van der Waals surface area contributed by atoms with Gasteiger partial charge in [-0.05, 0) is 25.8 Å². The van der Waals surface area contributed by atoms with Gasteiger partial charge in [-0.1, -0.05) is 6.92 Å². The van der Waals surface area contributed by atoms with Crippen LogP contribution in [0.1, 0.15) is 25.8 Å². The van der Waals surface area contributed by atoms with E-state index in [0.29, 0.717) is 0 Å². The molecule has 1 fully saturated rings. The second-order valence-corrected chi connectivity index (χ2v) is 4.63. The Kier molecular flexibility index (Phi) is 3.10. The summed E-state index contributed by atoms with van der Waals surface area (Å²) in [4.78, 5) is 10.9. The first-order valence-corrected chi connectivity index (χ1v) is 5.80. The van der Waals surface area contributed by atoms with Crippen molar-refractivity contribution in [2.24, 2.45) is 0 Å². The molecule has 1 aromatic rings. The molecular formula is C12H19N3O. The third-order valence-electron chi connectivity index (χ3n) is 3.14. The molecule has 1 aliphatic rings. The first kappa shape index (κ1) is 11.3. The number of hydrogen-bond donors (Lipinski definition) is 0. The molecule has 2 rings (SSSR count). The summed E-state index contributed by atoms with van der Waals surface area (Å²) >= 11 is 0. The zero-order chi connectivity index (χ0) is 11.6. The SMILES string of the molecule is CCC1(C)CN(c2ncc(C)cn2)CCO1. The van der Waals surface area contributed by atoms with Crippen LogP contribution in [0.5, 0.6) is 0 Å². The lowest BCUT2D eigenvalue weighted by atomic mass is 10.0. The number of rotatable bonds is 2. The molecule has 0 radical (unpaired) electrons. The van der Waals surface area contributed by atoms with Gasteiger partial charge in [-0.2, -0.15) is 0 Å². The molecule has 0 N–H and O–H groups in total. The smallest absolute Gasteiger partial charge is 0.225 e. The minimum absolute atomic E-state index is 0.0630. The highest BCUT2D eigenvalue weighted by molar-refractivity contribution is 5.31. The maximum Gasteiger partial charge on any atom is 0.225 e. The van der Waals surface area contributed by atoms with E-state index < -0.39 is 0 Å². The fraction of sp³-hybridized carbons (Fsp3) is 0.667. The van der Waals surface area contributed by atoms with Crippen molar-refractivity contribution in [2.75, 3.05) is 24.6 Å². The van der Waals surface area contributed by atoms with Gasteiger partial charge in [0, 0.05) is 25.5 Å². The van der Waals surface area contributed by atoms with Crippen LogP contribution in [0.15, 0.2) is 12.4 Å². The molecule has 4 heteroatoms. The maximum absolute atomic E-state index is 5.79. The summed E-state index contributed by atoms with van der Waals surface area (Å²) in [5, 5.41) is 0. The Morgan fingerprint density at radius 3 is 2.75 bits per heavy atom. The van der Waals surface area contributed by atoms with E-state index in [4.69, 9.17) is 4.74 Å². The van der Waals surface area contributed by atoms with Crippen molar-refractivity contribution in [3.05, 3.63) is 18.0 Å². The number of aryl methyl sites for hydroxylation is 1. The number of anilines is 1. The van der Waals surface area contributed by atoms with Crippen LogP contribution in [0.4, 0.5) is 5.95 Å². The minimum Gasteiger partial charge on any atom is -0.372 e. The molecule has 1 saturated heterocycles. The van der Waals surface area contributed by atoms with Crippen molar-refractivity contribution < 1.29 is 4.74 Å². The lowest BCUT2D eigenvalue weighted by Gasteiger charge is -2.40. The average Bonchev–Trinajstić information content (AvgIpc) is 2.30. The molecule has 0 spiro atoms. The Hall–Kier alpha value is -1.16. The van der Waals surface area contributed by atoms with Crippen LogP contribution in [0.2, 0.25) is 0 Å². The summed E-state index contributed by atoms with van der Waals surface area (Å²) in [6.07, 6.45) is 4.73. The minimum atomic E-state index is -0.0630. The molecule has 1 aromatic heterocycles. The van der Waals surface area contributed by atoms with Crippen LogP contribution in [-0.4, -0.2) is 35.3 Å². The molecule has 1 unspecified atom stereocenters. The van der Waals surface area contributed by atoms with Crippen LogP contribution in [0, 0.1) is 6.92 Å². The van der Waals surface area contributed by atoms with E-state index in [1.807, 2.05) is 19.3 Å². The van der Waals surface area contributed by atoms with E-state index in [0.717, 1.165) is 37.6 Å². The van der Waals surface area contributed by atoms with E-state index in [1.54, 1.807) is 0 Å². The van der Waals surface area contributed by atoms with E-state index in [2.05, 4.69) is 28.7 Å². The van der Waals surface area contributed by atoms with E-state index in [9.17, 15) is 0 Å². The first-order chi connectivity index (χ1) is 7.63. The maximum atomic E-state index is 5.79. The quantitative estimate of drug-likeness (QED) is 0.763. The Bertz CT molecular complexity index is 352. The van der Waals surface area contributed by atoms with E-state index in [1.165, 1.54) is 0 Å². The summed E-state index contributed by atoms with van der Waals surface area (Å²) in [6.45, 7) is 8.79. The Balaban J connectivity index is 2.12. The molecule has 0 amide bonds. The zero-order valence-corrected chi connectivity index (χ0v) is 10.2. The highest BCUT2D eigenvalue weighted by Gasteiger charge is 2.31. The second-order valence-electron chi connectivity index (χ2n) is 4.63. The predicted octanol–water partition coefficient (Wildman–Crippen LogP) is 1.79. The second kappa shape index (κ2) is 4.37. The van der Waals surface area contributed by atoms with Crippen LogP contribution >= 0.6 is 0 Å². The topological polar surface area (TPSA) is 38.2 Å². The van der Waals surface area contributed by atoms with Crippen molar-refractivity contribution >= 4 is 5.95 Å². The van der Waals surface area contributed by atoms with Gasteiger partial charge in [0.15, 0.2) is 0 Å². The van der Waals surface area contributed by atoms with Crippen LogP contribution in [0.25, 0.3) is 0 Å². The van der Waals surface area contributed by atoms with Gasteiger partial charge in [-0.25, -0.2) is 9.97 Å². The van der Waals surface area contributed by atoms with Gasteiger partial charge in [0.1, 0.15) is 0 Å². The molecule has 16 heavy (non-hydrogen) atoms. The third-order valence-corrected chi connectivity index (χ3v) is 3.14. The van der Waals surface area contributed by atoms with Crippen molar-refractivity contribution in [1.82, 2.24) is 9.97 Å². The monoisotopic (exact) mass is 221 g/mol. The van der Waals surface area contributed by atoms with Crippen molar-refractivity contribution in [3.8, 4) is 0 Å². The Morgan fingerprint density at radius 1 is 1.44 bits per heavy atom. The van der Waals surface area contributed by atoms with Gasteiger partial charge in [-0.3, -0.25) is 0 Å². The van der Waals surface area contributed by atoms with Gasteiger partial charge in [0.25, 0.3) is 0 Å². The summed E-state index contributed by atoms with van der Waals surface area (Å²) in [7, 11) is 0. The van der Waals surface area contributed by atoms with Crippen molar-refractivity contribution in [1.29, 1.82) is 0 Å². The Morgan fingerprint density at radius 2 is 2.12 bits per heavy atom. The standard InChI is InChI=1S/C12H19N3O/c1-4-12(3)9-15(5-6-16-12)11-13-7-10(2)8-14-11/h7-8H,4-6,9H2,1-3H3. The molecule has 88 valence electrons. The summed E-state index contributed by atoms with van der Waals surface area (Å²) in [6, 6.07) is 0. The van der Waals surface area contributed by atoms with Gasteiger partial charge in [-0.15, -0.1) is 0 Å². The molecule has 1 aliphatic heterocycles. The highest BCUT2D eigenvalue weighted by Crippen LogP contribution is 2.23. The normalized spacial score (nSPS) is 25.8. The molecular weight excluding hydrogens is 202 g/mol.